The van der Waals surface area contributed by atoms with E-state index in [4.69, 9.17) is 11.5 Å². The molecule has 0 unspecified atom stereocenters. The van der Waals surface area contributed by atoms with Crippen molar-refractivity contribution in [3.8, 4) is 0 Å². The molecule has 8 heteroatoms. The van der Waals surface area contributed by atoms with Crippen molar-refractivity contribution in [1.82, 2.24) is 29.7 Å². The lowest BCUT2D eigenvalue weighted by molar-refractivity contribution is 0.238. The normalized spacial score (nSPS) is 11.2. The van der Waals surface area contributed by atoms with Crippen molar-refractivity contribution in [3.05, 3.63) is 143 Å². The number of rotatable bonds is 12. The van der Waals surface area contributed by atoms with E-state index in [1.807, 2.05) is 60.9 Å². The van der Waals surface area contributed by atoms with Crippen molar-refractivity contribution in [3.63, 3.8) is 0 Å². The summed E-state index contributed by atoms with van der Waals surface area (Å²) in [5.74, 6) is 1.03. The number of nitrogen functional groups attached to an aromatic ring is 2. The van der Waals surface area contributed by atoms with Gasteiger partial charge in [0.05, 0.1) is 22.8 Å². The maximum Gasteiger partial charge on any atom is 0.123 e. The molecule has 1 aromatic carbocycles. The largest absolute Gasteiger partial charge is 0.384 e. The minimum Gasteiger partial charge on any atom is -0.384 e. The third kappa shape index (κ3) is 8.17. The third-order valence-electron chi connectivity index (χ3n) is 6.46. The molecule has 0 amide bonds. The Morgan fingerprint density at radius 1 is 0.450 bits per heavy atom. The molecule has 4 aromatic heterocycles. The lowest BCUT2D eigenvalue weighted by Gasteiger charge is -2.24. The first-order chi connectivity index (χ1) is 19.6. The lowest BCUT2D eigenvalue weighted by Crippen LogP contribution is -2.25. The average Bonchev–Trinajstić information content (AvgIpc) is 2.94. The van der Waals surface area contributed by atoms with Gasteiger partial charge in [-0.05, 0) is 59.7 Å². The van der Waals surface area contributed by atoms with Crippen LogP contribution in [0.5, 0.6) is 0 Å². The molecule has 8 nitrogen and oxygen atoms in total. The number of pyridine rings is 4. The fourth-order valence-electron chi connectivity index (χ4n) is 4.75. The van der Waals surface area contributed by atoms with E-state index in [9.17, 15) is 0 Å². The van der Waals surface area contributed by atoms with E-state index in [-0.39, 0.29) is 0 Å². The van der Waals surface area contributed by atoms with Crippen LogP contribution in [0.3, 0.4) is 0 Å². The Balaban J connectivity index is 1.34. The number of anilines is 2. The summed E-state index contributed by atoms with van der Waals surface area (Å²) in [4.78, 5) is 22.8. The monoisotopic (exact) mass is 530 g/mol. The van der Waals surface area contributed by atoms with Gasteiger partial charge in [-0.3, -0.25) is 19.8 Å². The highest BCUT2D eigenvalue weighted by molar-refractivity contribution is 5.30. The molecule has 0 aliphatic carbocycles. The van der Waals surface area contributed by atoms with Crippen LogP contribution in [-0.4, -0.2) is 29.7 Å². The molecule has 0 atom stereocenters. The summed E-state index contributed by atoms with van der Waals surface area (Å²) < 4.78 is 0. The maximum absolute atomic E-state index is 5.96. The van der Waals surface area contributed by atoms with E-state index in [0.29, 0.717) is 24.7 Å². The van der Waals surface area contributed by atoms with Crippen LogP contribution in [0.1, 0.15) is 33.9 Å². The highest BCUT2D eigenvalue weighted by Gasteiger charge is 2.13. The smallest absolute Gasteiger partial charge is 0.123 e. The van der Waals surface area contributed by atoms with Gasteiger partial charge in [0, 0.05) is 51.7 Å². The van der Waals surface area contributed by atoms with Crippen LogP contribution in [0.25, 0.3) is 0 Å². The molecule has 4 N–H and O–H groups in total. The molecule has 0 aliphatic rings. The van der Waals surface area contributed by atoms with E-state index in [1.54, 1.807) is 12.1 Å². The summed E-state index contributed by atoms with van der Waals surface area (Å²) in [6.45, 7) is 4.23. The average molecular weight is 531 g/mol. The predicted molar refractivity (Wildman–Crippen MR) is 158 cm³/mol. The first kappa shape index (κ1) is 26.9. The van der Waals surface area contributed by atoms with E-state index in [0.717, 1.165) is 49.0 Å². The molecule has 5 rings (SSSR count). The minimum atomic E-state index is 0.516. The van der Waals surface area contributed by atoms with Crippen molar-refractivity contribution in [2.75, 3.05) is 11.5 Å². The van der Waals surface area contributed by atoms with Gasteiger partial charge in [-0.15, -0.1) is 0 Å². The molecule has 0 fully saturated rings. The summed E-state index contributed by atoms with van der Waals surface area (Å²) in [7, 11) is 0. The van der Waals surface area contributed by atoms with Gasteiger partial charge in [0.15, 0.2) is 0 Å². The van der Waals surface area contributed by atoms with Crippen LogP contribution in [0.2, 0.25) is 0 Å². The summed E-state index contributed by atoms with van der Waals surface area (Å²) in [5.41, 5.74) is 18.3. The molecule has 0 bridgehead atoms. The molecule has 0 radical (unpaired) electrons. The maximum atomic E-state index is 5.96. The first-order valence-electron chi connectivity index (χ1n) is 13.3. The molecule has 0 saturated carbocycles. The van der Waals surface area contributed by atoms with E-state index in [1.165, 1.54) is 11.1 Å². The molecular weight excluding hydrogens is 496 g/mol. The van der Waals surface area contributed by atoms with Crippen LogP contribution in [0.15, 0.2) is 109 Å². The van der Waals surface area contributed by atoms with Crippen LogP contribution >= 0.6 is 0 Å². The number of nitrogens with zero attached hydrogens (tertiary/aromatic N) is 6. The van der Waals surface area contributed by atoms with Gasteiger partial charge in [0.1, 0.15) is 11.6 Å². The van der Waals surface area contributed by atoms with Crippen LogP contribution in [0, 0.1) is 0 Å². The molecule has 40 heavy (non-hydrogen) atoms. The van der Waals surface area contributed by atoms with Gasteiger partial charge in [-0.1, -0.05) is 48.5 Å². The molecular formula is C32H34N8. The first-order valence-corrected chi connectivity index (χ1v) is 13.3. The second-order valence-electron chi connectivity index (χ2n) is 9.86. The van der Waals surface area contributed by atoms with Crippen molar-refractivity contribution in [2.45, 2.75) is 39.3 Å². The second-order valence-corrected chi connectivity index (χ2v) is 9.86. The van der Waals surface area contributed by atoms with E-state index >= 15 is 0 Å². The topological polar surface area (TPSA) is 110 Å². The third-order valence-corrected chi connectivity index (χ3v) is 6.46. The van der Waals surface area contributed by atoms with Gasteiger partial charge in [-0.2, -0.15) is 0 Å². The highest BCUT2D eigenvalue weighted by atomic mass is 15.1. The summed E-state index contributed by atoms with van der Waals surface area (Å²) in [6, 6.07) is 32.3. The summed E-state index contributed by atoms with van der Waals surface area (Å²) in [6.07, 6.45) is 3.68. The van der Waals surface area contributed by atoms with Gasteiger partial charge in [0.25, 0.3) is 0 Å². The Labute approximate surface area is 235 Å². The van der Waals surface area contributed by atoms with Crippen molar-refractivity contribution in [2.24, 2.45) is 0 Å². The second kappa shape index (κ2) is 13.4. The fraction of sp³-hybridized carbons (Fsp3) is 0.188. The number of benzene rings is 1. The van der Waals surface area contributed by atoms with Gasteiger partial charge < -0.3 is 11.5 Å². The van der Waals surface area contributed by atoms with Crippen molar-refractivity contribution < 1.29 is 0 Å². The zero-order valence-electron chi connectivity index (χ0n) is 22.5. The summed E-state index contributed by atoms with van der Waals surface area (Å²) >= 11 is 0. The van der Waals surface area contributed by atoms with Crippen molar-refractivity contribution in [1.29, 1.82) is 0 Å². The molecule has 5 aromatic rings. The lowest BCUT2D eigenvalue weighted by atomic mass is 10.1. The number of aromatic nitrogens is 4. The highest BCUT2D eigenvalue weighted by Crippen LogP contribution is 2.18. The van der Waals surface area contributed by atoms with E-state index in [2.05, 4.69) is 66.1 Å². The van der Waals surface area contributed by atoms with Gasteiger partial charge in [-0.25, -0.2) is 9.97 Å². The van der Waals surface area contributed by atoms with Crippen LogP contribution in [0.4, 0.5) is 11.6 Å². The zero-order valence-corrected chi connectivity index (χ0v) is 22.5. The molecule has 0 aliphatic heterocycles. The summed E-state index contributed by atoms with van der Waals surface area (Å²) in [5, 5.41) is 0. The Morgan fingerprint density at radius 2 is 0.875 bits per heavy atom. The Hall–Kier alpha value is -4.66. The fourth-order valence-corrected chi connectivity index (χ4v) is 4.75. The Bertz CT molecular complexity index is 1400. The zero-order chi connectivity index (χ0) is 27.6. The van der Waals surface area contributed by atoms with E-state index < -0.39 is 0 Å². The van der Waals surface area contributed by atoms with Gasteiger partial charge >= 0.3 is 0 Å². The van der Waals surface area contributed by atoms with Crippen molar-refractivity contribution >= 4 is 11.6 Å². The Kier molecular flexibility index (Phi) is 9.03. The Morgan fingerprint density at radius 3 is 1.30 bits per heavy atom. The van der Waals surface area contributed by atoms with Crippen LogP contribution in [-0.2, 0) is 39.3 Å². The molecule has 0 saturated heterocycles. The predicted octanol–water partition coefficient (Wildman–Crippen LogP) is 4.84. The van der Waals surface area contributed by atoms with Gasteiger partial charge in [0.2, 0.25) is 0 Å². The number of nitrogens with two attached hydrogens (primary N) is 2. The standard InChI is InChI=1S/C32H34N8/c33-31-14-6-12-29(37-31)23-40(24-30-13-7-15-32(34)38-30)20-26-9-5-8-25(18-26)19-39(21-27-10-1-3-16-35-27)22-28-11-2-4-17-36-28/h1-18H,19-24H2,(H2,33,37)(H2,34,38). The molecule has 202 valence electrons. The SMILES string of the molecule is Nc1cccc(CN(Cc2cccc(CN(Cc3ccccn3)Cc3ccccn3)c2)Cc2cccc(N)n2)n1. The number of hydrogen-bond donors (Lipinski definition) is 2. The quantitative estimate of drug-likeness (QED) is 0.236. The minimum absolute atomic E-state index is 0.516. The number of hydrogen-bond acceptors (Lipinski definition) is 8. The van der Waals surface area contributed by atoms with Crippen LogP contribution < -0.4 is 11.5 Å². The molecule has 0 spiro atoms. The molecule has 4 heterocycles.